The molecule has 0 saturated carbocycles. The average molecular weight is 279 g/mol. The van der Waals surface area contributed by atoms with Crippen LogP contribution in [0.2, 0.25) is 0 Å². The van der Waals surface area contributed by atoms with E-state index < -0.39 is 0 Å². The molecule has 0 bridgehead atoms. The van der Waals surface area contributed by atoms with Crippen LogP contribution in [0, 0.1) is 0 Å². The van der Waals surface area contributed by atoms with Gasteiger partial charge in [0, 0.05) is 32.7 Å². The maximum atomic E-state index is 5.75. The standard InChI is InChI=1S/C13H21N5O2/c1-19-8-9-20-7-3-2-4-15-12-13-16-5-6-18(13)10-11(14)17-12/h5-6,10H,2-4,7-9,14H2,1H3,(H,15,17). The molecular weight excluding hydrogens is 258 g/mol. The molecule has 110 valence electrons. The minimum atomic E-state index is 0.473. The Hall–Kier alpha value is -1.86. The fraction of sp³-hybridized carbons (Fsp3) is 0.538. The highest BCUT2D eigenvalue weighted by atomic mass is 16.5. The lowest BCUT2D eigenvalue weighted by Gasteiger charge is -2.08. The third-order valence-corrected chi connectivity index (χ3v) is 2.83. The number of fused-ring (bicyclic) bond motifs is 1. The number of nitrogens with one attached hydrogen (secondary N) is 1. The number of aromatic nitrogens is 3. The second-order valence-corrected chi connectivity index (χ2v) is 4.41. The molecular formula is C13H21N5O2. The molecule has 2 aromatic heterocycles. The summed E-state index contributed by atoms with van der Waals surface area (Å²) in [6, 6.07) is 0. The summed E-state index contributed by atoms with van der Waals surface area (Å²) in [7, 11) is 1.67. The number of nitrogen functional groups attached to an aromatic ring is 1. The molecule has 0 aromatic carbocycles. The van der Waals surface area contributed by atoms with Crippen LogP contribution in [0.3, 0.4) is 0 Å². The molecule has 0 aliphatic carbocycles. The van der Waals surface area contributed by atoms with Crippen LogP contribution in [0.4, 0.5) is 11.6 Å². The average Bonchev–Trinajstić information content (AvgIpc) is 2.89. The van der Waals surface area contributed by atoms with E-state index in [9.17, 15) is 0 Å². The lowest BCUT2D eigenvalue weighted by Crippen LogP contribution is -2.09. The molecule has 0 spiro atoms. The fourth-order valence-electron chi connectivity index (χ4n) is 1.85. The van der Waals surface area contributed by atoms with E-state index in [-0.39, 0.29) is 0 Å². The molecule has 7 heteroatoms. The zero-order valence-corrected chi connectivity index (χ0v) is 11.7. The van der Waals surface area contributed by atoms with Crippen molar-refractivity contribution in [2.45, 2.75) is 12.8 Å². The minimum Gasteiger partial charge on any atom is -0.382 e. The summed E-state index contributed by atoms with van der Waals surface area (Å²) in [5.74, 6) is 1.19. The Morgan fingerprint density at radius 1 is 1.30 bits per heavy atom. The largest absolute Gasteiger partial charge is 0.382 e. The molecule has 7 nitrogen and oxygen atoms in total. The highest BCUT2D eigenvalue weighted by Crippen LogP contribution is 2.14. The maximum Gasteiger partial charge on any atom is 0.180 e. The second-order valence-electron chi connectivity index (χ2n) is 4.41. The second kappa shape index (κ2) is 7.66. The van der Waals surface area contributed by atoms with Gasteiger partial charge in [0.05, 0.1) is 19.4 Å². The summed E-state index contributed by atoms with van der Waals surface area (Å²) in [6.07, 6.45) is 7.31. The van der Waals surface area contributed by atoms with Gasteiger partial charge in [0.1, 0.15) is 5.82 Å². The van der Waals surface area contributed by atoms with Crippen molar-refractivity contribution in [1.29, 1.82) is 0 Å². The van der Waals surface area contributed by atoms with Gasteiger partial charge in [0.25, 0.3) is 0 Å². The van der Waals surface area contributed by atoms with Crippen molar-refractivity contribution in [3.63, 3.8) is 0 Å². The monoisotopic (exact) mass is 279 g/mol. The summed E-state index contributed by atoms with van der Waals surface area (Å²) >= 11 is 0. The van der Waals surface area contributed by atoms with Gasteiger partial charge in [0.2, 0.25) is 0 Å². The lowest BCUT2D eigenvalue weighted by atomic mass is 10.3. The van der Waals surface area contributed by atoms with Gasteiger partial charge in [-0.25, -0.2) is 9.97 Å². The summed E-state index contributed by atoms with van der Waals surface area (Å²) < 4.78 is 12.2. The first-order valence-electron chi connectivity index (χ1n) is 6.71. The summed E-state index contributed by atoms with van der Waals surface area (Å²) in [5.41, 5.74) is 6.54. The number of unbranched alkanes of at least 4 members (excludes halogenated alkanes) is 1. The number of methoxy groups -OCH3 is 1. The molecule has 2 aromatic rings. The Balaban J connectivity index is 1.72. The van der Waals surface area contributed by atoms with E-state index in [0.717, 1.165) is 37.5 Å². The molecule has 0 saturated heterocycles. The van der Waals surface area contributed by atoms with Crippen molar-refractivity contribution < 1.29 is 9.47 Å². The topological polar surface area (TPSA) is 86.7 Å². The van der Waals surface area contributed by atoms with Crippen molar-refractivity contribution in [1.82, 2.24) is 14.4 Å². The number of imidazole rings is 1. The Kier molecular flexibility index (Phi) is 5.57. The number of anilines is 2. The highest BCUT2D eigenvalue weighted by Gasteiger charge is 2.05. The summed E-state index contributed by atoms with van der Waals surface area (Å²) in [5, 5.41) is 3.26. The zero-order chi connectivity index (χ0) is 14.2. The van der Waals surface area contributed by atoms with Crippen LogP contribution in [0.5, 0.6) is 0 Å². The third-order valence-electron chi connectivity index (χ3n) is 2.83. The van der Waals surface area contributed by atoms with E-state index in [2.05, 4.69) is 15.3 Å². The number of rotatable bonds is 9. The van der Waals surface area contributed by atoms with Crippen LogP contribution in [-0.4, -0.2) is 47.8 Å². The number of hydrogen-bond acceptors (Lipinski definition) is 6. The molecule has 2 heterocycles. The van der Waals surface area contributed by atoms with E-state index in [1.54, 1.807) is 19.5 Å². The van der Waals surface area contributed by atoms with Crippen molar-refractivity contribution in [2.75, 3.05) is 44.5 Å². The van der Waals surface area contributed by atoms with Gasteiger partial charge >= 0.3 is 0 Å². The summed E-state index contributed by atoms with van der Waals surface area (Å²) in [4.78, 5) is 8.52. The molecule has 0 fully saturated rings. The Morgan fingerprint density at radius 2 is 2.20 bits per heavy atom. The van der Waals surface area contributed by atoms with E-state index in [1.807, 2.05) is 10.6 Å². The molecule has 0 aliphatic heterocycles. The van der Waals surface area contributed by atoms with Crippen LogP contribution in [0.1, 0.15) is 12.8 Å². The van der Waals surface area contributed by atoms with Crippen LogP contribution in [-0.2, 0) is 9.47 Å². The minimum absolute atomic E-state index is 0.473. The van der Waals surface area contributed by atoms with Gasteiger partial charge in [-0.2, -0.15) is 0 Å². The quantitative estimate of drug-likeness (QED) is 0.670. The highest BCUT2D eigenvalue weighted by molar-refractivity contribution is 5.64. The molecule has 0 aliphatic rings. The molecule has 0 unspecified atom stereocenters. The predicted molar refractivity (Wildman–Crippen MR) is 77.8 cm³/mol. The number of hydrogen-bond donors (Lipinski definition) is 2. The van der Waals surface area contributed by atoms with Gasteiger partial charge in [-0.05, 0) is 12.8 Å². The van der Waals surface area contributed by atoms with Crippen molar-refractivity contribution >= 4 is 17.3 Å². The van der Waals surface area contributed by atoms with Gasteiger partial charge < -0.3 is 24.9 Å². The molecule has 0 amide bonds. The normalized spacial score (nSPS) is 11.1. The van der Waals surface area contributed by atoms with Gasteiger partial charge in [-0.15, -0.1) is 0 Å². The first kappa shape index (κ1) is 14.5. The molecule has 0 radical (unpaired) electrons. The first-order valence-corrected chi connectivity index (χ1v) is 6.71. The number of nitrogens with two attached hydrogens (primary N) is 1. The van der Waals surface area contributed by atoms with Crippen LogP contribution < -0.4 is 11.1 Å². The molecule has 0 atom stereocenters. The molecule has 3 N–H and O–H groups in total. The maximum absolute atomic E-state index is 5.75. The van der Waals surface area contributed by atoms with E-state index in [0.29, 0.717) is 19.0 Å². The Bertz CT molecular complexity index is 528. The number of ether oxygens (including phenoxy) is 2. The Morgan fingerprint density at radius 3 is 3.05 bits per heavy atom. The Labute approximate surface area is 118 Å². The van der Waals surface area contributed by atoms with Crippen LogP contribution in [0.25, 0.3) is 5.65 Å². The van der Waals surface area contributed by atoms with Crippen molar-refractivity contribution in [3.05, 3.63) is 18.6 Å². The van der Waals surface area contributed by atoms with E-state index in [4.69, 9.17) is 15.2 Å². The summed E-state index contributed by atoms with van der Waals surface area (Å²) in [6.45, 7) is 2.85. The lowest BCUT2D eigenvalue weighted by molar-refractivity contribution is 0.0691. The predicted octanol–water partition coefficient (Wildman–Crippen LogP) is 1.17. The fourth-order valence-corrected chi connectivity index (χ4v) is 1.85. The van der Waals surface area contributed by atoms with Crippen molar-refractivity contribution in [2.24, 2.45) is 0 Å². The first-order chi connectivity index (χ1) is 9.81. The SMILES string of the molecule is COCCOCCCCNc1nc(N)cn2ccnc12. The van der Waals surface area contributed by atoms with Gasteiger partial charge in [-0.1, -0.05) is 0 Å². The third kappa shape index (κ3) is 4.07. The smallest absolute Gasteiger partial charge is 0.180 e. The van der Waals surface area contributed by atoms with E-state index >= 15 is 0 Å². The van der Waals surface area contributed by atoms with E-state index in [1.165, 1.54) is 0 Å². The zero-order valence-electron chi connectivity index (χ0n) is 11.7. The molecule has 2 rings (SSSR count). The van der Waals surface area contributed by atoms with Gasteiger partial charge in [0.15, 0.2) is 11.5 Å². The van der Waals surface area contributed by atoms with Crippen LogP contribution in [0.15, 0.2) is 18.6 Å². The van der Waals surface area contributed by atoms with Crippen LogP contribution >= 0.6 is 0 Å². The number of nitrogens with zero attached hydrogens (tertiary/aromatic N) is 3. The molecule has 20 heavy (non-hydrogen) atoms. The van der Waals surface area contributed by atoms with Gasteiger partial charge in [-0.3, -0.25) is 0 Å². The van der Waals surface area contributed by atoms with Crippen molar-refractivity contribution in [3.8, 4) is 0 Å².